The van der Waals surface area contributed by atoms with Crippen molar-refractivity contribution >= 4 is 68.3 Å². The van der Waals surface area contributed by atoms with E-state index in [4.69, 9.17) is 24.2 Å². The summed E-state index contributed by atoms with van der Waals surface area (Å²) in [5.74, 6) is -0.672. The molecular formula is C46H58N4O6. The quantitative estimate of drug-likeness (QED) is 0.0860. The maximum atomic E-state index is 13.2. The predicted octanol–water partition coefficient (Wildman–Crippen LogP) is 10.3. The Labute approximate surface area is 330 Å². The van der Waals surface area contributed by atoms with Crippen LogP contribution in [-0.4, -0.2) is 76.4 Å². The monoisotopic (exact) mass is 762 g/mol. The zero-order valence-corrected chi connectivity index (χ0v) is 33.9. The lowest BCUT2D eigenvalue weighted by Gasteiger charge is -2.07. The van der Waals surface area contributed by atoms with Gasteiger partial charge in [-0.05, 0) is 117 Å². The molecule has 0 atom stereocenters. The van der Waals surface area contributed by atoms with Crippen LogP contribution in [0.4, 0.5) is 0 Å². The molecule has 3 N–H and O–H groups in total. The lowest BCUT2D eigenvalue weighted by atomic mass is 9.97. The van der Waals surface area contributed by atoms with Gasteiger partial charge in [-0.3, -0.25) is 9.59 Å². The third-order valence-corrected chi connectivity index (χ3v) is 10.7. The number of carbonyl (C=O) groups excluding carboxylic acids is 1. The topological polar surface area (TPSA) is 139 Å². The van der Waals surface area contributed by atoms with E-state index in [9.17, 15) is 14.7 Å². The van der Waals surface area contributed by atoms with Crippen molar-refractivity contribution in [2.45, 2.75) is 92.4 Å². The number of fused-ring (bicyclic) bond motifs is 8. The average Bonchev–Trinajstić information content (AvgIpc) is 3.84. The Balaban J connectivity index is 1.41. The molecule has 0 saturated heterocycles. The molecule has 8 bridgehead atoms. The highest BCUT2D eigenvalue weighted by Gasteiger charge is 2.23. The summed E-state index contributed by atoms with van der Waals surface area (Å²) < 4.78 is 16.8. The summed E-state index contributed by atoms with van der Waals surface area (Å²) in [5.41, 5.74) is 14.5. The molecule has 0 spiro atoms. The first-order chi connectivity index (χ1) is 27.1. The molecule has 0 aromatic carbocycles. The van der Waals surface area contributed by atoms with Crippen LogP contribution in [-0.2, 0) is 23.8 Å². The second-order valence-corrected chi connectivity index (χ2v) is 14.5. The normalized spacial score (nSPS) is 12.8. The molecule has 3 aromatic heterocycles. The number of allylic oxidation sites excluding steroid dienone is 4. The van der Waals surface area contributed by atoms with E-state index < -0.39 is 5.97 Å². The van der Waals surface area contributed by atoms with Crippen molar-refractivity contribution in [3.05, 3.63) is 82.5 Å². The summed E-state index contributed by atoms with van der Waals surface area (Å²) in [6.45, 7) is 22.1. The smallest absolute Gasteiger partial charge is 0.303 e. The minimum atomic E-state index is -0.869. The minimum Gasteiger partial charge on any atom is -0.481 e. The second-order valence-electron chi connectivity index (χ2n) is 14.5. The zero-order valence-electron chi connectivity index (χ0n) is 33.9. The highest BCUT2D eigenvalue weighted by atomic mass is 16.5. The Morgan fingerprint density at radius 1 is 0.625 bits per heavy atom. The molecule has 0 unspecified atom stereocenters. The highest BCUT2D eigenvalue weighted by Crippen LogP contribution is 2.38. The Hall–Kier alpha value is -4.90. The van der Waals surface area contributed by atoms with E-state index in [0.717, 1.165) is 116 Å². The number of carboxylic acid groups (broad SMARTS) is 1. The van der Waals surface area contributed by atoms with Crippen LogP contribution in [0.3, 0.4) is 0 Å². The van der Waals surface area contributed by atoms with Crippen LogP contribution in [0.2, 0.25) is 0 Å². The van der Waals surface area contributed by atoms with Crippen LogP contribution in [0.25, 0.3) is 56.5 Å². The van der Waals surface area contributed by atoms with Crippen molar-refractivity contribution in [1.29, 1.82) is 0 Å². The maximum absolute atomic E-state index is 13.2. The van der Waals surface area contributed by atoms with Gasteiger partial charge in [-0.25, -0.2) is 9.97 Å². The van der Waals surface area contributed by atoms with E-state index in [2.05, 4.69) is 63.0 Å². The molecule has 5 rings (SSSR count). The first kappa shape index (κ1) is 42.2. The van der Waals surface area contributed by atoms with Crippen molar-refractivity contribution in [2.75, 3.05) is 39.6 Å². The molecule has 2 aliphatic heterocycles. The first-order valence-corrected chi connectivity index (χ1v) is 19.9. The Morgan fingerprint density at radius 2 is 1.11 bits per heavy atom. The molecule has 0 fully saturated rings. The fourth-order valence-electron chi connectivity index (χ4n) is 7.24. The van der Waals surface area contributed by atoms with Crippen LogP contribution < -0.4 is 0 Å². The standard InChI is InChI=1S/C46H58N4O6/c1-8-11-19-54-21-23-56-24-22-55-20-13-12-14-33(51)15-16-36-31(6)39-25-38-29(4)34(9-2)42(47-38)26-40-30(5)35(10-3)43(48-40)27-41-32(7)37(17-18-46(52)53)45(50-41)28-44(36)49-39/h9-10,25-28,47-48H,2-3,8,11-24H2,1,4-7H3,(H,52,53). The van der Waals surface area contributed by atoms with Gasteiger partial charge in [0.05, 0.1) is 49.2 Å². The van der Waals surface area contributed by atoms with E-state index in [-0.39, 0.29) is 12.2 Å². The summed E-state index contributed by atoms with van der Waals surface area (Å²) >= 11 is 0. The minimum absolute atomic E-state index is 0.0212. The van der Waals surface area contributed by atoms with Gasteiger partial charge in [-0.2, -0.15) is 0 Å². The number of carbonyl (C=O) groups is 2. The third kappa shape index (κ3) is 10.5. The van der Waals surface area contributed by atoms with Crippen molar-refractivity contribution < 1.29 is 28.9 Å². The molecule has 0 radical (unpaired) electrons. The molecule has 3 aromatic rings. The summed E-state index contributed by atoms with van der Waals surface area (Å²) in [5, 5.41) is 9.63. The van der Waals surface area contributed by atoms with Gasteiger partial charge in [0, 0.05) is 65.7 Å². The number of nitrogens with zero attached hydrogens (tertiary/aromatic N) is 2. The number of unbranched alkanes of at least 4 members (excludes halogenated alkanes) is 2. The largest absolute Gasteiger partial charge is 0.481 e. The molecule has 0 amide bonds. The number of rotatable bonds is 22. The van der Waals surface area contributed by atoms with Crippen molar-refractivity contribution in [2.24, 2.45) is 0 Å². The number of carboxylic acids is 1. The first-order valence-electron chi connectivity index (χ1n) is 19.9. The number of aliphatic carboxylic acids is 1. The van der Waals surface area contributed by atoms with Gasteiger partial charge < -0.3 is 29.3 Å². The predicted molar refractivity (Wildman–Crippen MR) is 228 cm³/mol. The maximum Gasteiger partial charge on any atom is 0.303 e. The lowest BCUT2D eigenvalue weighted by Crippen LogP contribution is -2.10. The fourth-order valence-corrected chi connectivity index (χ4v) is 7.24. The average molecular weight is 763 g/mol. The molecule has 10 nitrogen and oxygen atoms in total. The number of aryl methyl sites for hydroxylation is 2. The SMILES string of the molecule is C=Cc1c(C)c2cc3[nH]c(cc4nc(cc5nc(cc1[nH]2)C(C)=C5CCC(=O)O)C(CCC(=O)CCCCOCCOCCOCCCC)=C4C)c(C)c3C=C. The Bertz CT molecular complexity index is 2170. The van der Waals surface area contributed by atoms with Crippen molar-refractivity contribution in [3.8, 4) is 0 Å². The fraction of sp³-hybridized carbons (Fsp3) is 0.435. The van der Waals surface area contributed by atoms with Gasteiger partial charge in [0.25, 0.3) is 0 Å². The molecule has 298 valence electrons. The van der Waals surface area contributed by atoms with Gasteiger partial charge >= 0.3 is 5.97 Å². The summed E-state index contributed by atoms with van der Waals surface area (Å²) in [6, 6.07) is 8.13. The molecule has 0 aliphatic carbocycles. The van der Waals surface area contributed by atoms with Gasteiger partial charge in [-0.1, -0.05) is 38.7 Å². The summed E-state index contributed by atoms with van der Waals surface area (Å²) in [7, 11) is 0. The molecule has 10 heteroatoms. The molecule has 5 heterocycles. The summed E-state index contributed by atoms with van der Waals surface area (Å²) in [4.78, 5) is 42.3. The Morgan fingerprint density at radius 3 is 1.64 bits per heavy atom. The van der Waals surface area contributed by atoms with Crippen molar-refractivity contribution in [1.82, 2.24) is 19.9 Å². The number of hydrogen-bond acceptors (Lipinski definition) is 7. The summed E-state index contributed by atoms with van der Waals surface area (Å²) in [6.07, 6.45) is 9.19. The third-order valence-electron chi connectivity index (χ3n) is 10.7. The number of hydrogen-bond donors (Lipinski definition) is 3. The number of Topliss-reactive ketones (excluding diaryl/α,β-unsaturated/α-hetero) is 1. The number of aromatic amines is 2. The molecule has 2 aliphatic rings. The van der Waals surface area contributed by atoms with E-state index >= 15 is 0 Å². The van der Waals surface area contributed by atoms with E-state index in [1.54, 1.807) is 0 Å². The van der Waals surface area contributed by atoms with Crippen LogP contribution >= 0.6 is 0 Å². The highest BCUT2D eigenvalue weighted by molar-refractivity contribution is 5.97. The van der Waals surface area contributed by atoms with Crippen LogP contribution in [0, 0.1) is 13.8 Å². The molecule has 0 saturated carbocycles. The van der Waals surface area contributed by atoms with Gasteiger partial charge in [-0.15, -0.1) is 0 Å². The van der Waals surface area contributed by atoms with Gasteiger partial charge in [0.15, 0.2) is 0 Å². The number of ether oxygens (including phenoxy) is 3. The van der Waals surface area contributed by atoms with Crippen LogP contribution in [0.15, 0.2) is 37.4 Å². The second kappa shape index (κ2) is 20.3. The number of H-pyrrole nitrogens is 2. The van der Waals surface area contributed by atoms with Gasteiger partial charge in [0.2, 0.25) is 0 Å². The number of aromatic nitrogens is 4. The zero-order chi connectivity index (χ0) is 40.2. The van der Waals surface area contributed by atoms with E-state index in [1.807, 2.05) is 31.2 Å². The van der Waals surface area contributed by atoms with Crippen molar-refractivity contribution in [3.63, 3.8) is 0 Å². The van der Waals surface area contributed by atoms with E-state index in [1.165, 1.54) is 0 Å². The van der Waals surface area contributed by atoms with Crippen LogP contribution in [0.1, 0.15) is 124 Å². The number of ketones is 1. The lowest BCUT2D eigenvalue weighted by molar-refractivity contribution is -0.136. The van der Waals surface area contributed by atoms with Gasteiger partial charge in [0.1, 0.15) is 5.78 Å². The molecule has 56 heavy (non-hydrogen) atoms. The van der Waals surface area contributed by atoms with Crippen LogP contribution in [0.5, 0.6) is 0 Å². The molecular weight excluding hydrogens is 705 g/mol. The van der Waals surface area contributed by atoms with E-state index in [0.29, 0.717) is 64.4 Å². The Kier molecular flexibility index (Phi) is 15.3. The number of nitrogens with one attached hydrogen (secondary N) is 2.